The number of ether oxygens (including phenoxy) is 3. The SMILES string of the molecule is [2H]C1([2H])OC(N)=N[C@]12c1cc(-c3cc(C#N)cc(OC)c3)ccc1CC21CCC(OC)CC1. The summed E-state index contributed by atoms with van der Waals surface area (Å²) in [6.45, 7) is -2.08. The number of nitrogens with two attached hydrogens (primary N) is 1. The molecule has 0 radical (unpaired) electrons. The van der Waals surface area contributed by atoms with Gasteiger partial charge in [0.1, 0.15) is 17.8 Å². The van der Waals surface area contributed by atoms with E-state index in [1.807, 2.05) is 24.3 Å². The van der Waals surface area contributed by atoms with Gasteiger partial charge < -0.3 is 19.9 Å². The standard InChI is InChI=1S/C25H27N3O3/c1-29-20-5-7-24(8-6-20)13-18-4-3-17(12-22(18)25(24)15-31-23(27)28-25)19-9-16(14-26)10-21(11-19)30-2/h3-4,9-12,20H,5-8,13,15H2,1-2H3,(H2,27,28)/t20?,24?,25-/m0/s1/i15D2. The van der Waals surface area contributed by atoms with E-state index < -0.39 is 17.5 Å². The lowest BCUT2D eigenvalue weighted by atomic mass is 9.62. The number of aliphatic imine (C=N–C) groups is 1. The highest BCUT2D eigenvalue weighted by atomic mass is 16.5. The molecule has 1 aliphatic heterocycles. The Bertz CT molecular complexity index is 1180. The van der Waals surface area contributed by atoms with Gasteiger partial charge in [0.25, 0.3) is 6.02 Å². The molecule has 31 heavy (non-hydrogen) atoms. The quantitative estimate of drug-likeness (QED) is 0.815. The van der Waals surface area contributed by atoms with Crippen LogP contribution in [0.3, 0.4) is 0 Å². The van der Waals surface area contributed by atoms with Gasteiger partial charge in [0.15, 0.2) is 0 Å². The molecular formula is C25H27N3O3. The molecule has 2 spiro atoms. The van der Waals surface area contributed by atoms with Gasteiger partial charge in [-0.15, -0.1) is 0 Å². The zero-order valence-corrected chi connectivity index (χ0v) is 17.8. The number of fused-ring (bicyclic) bond motifs is 3. The number of benzene rings is 2. The monoisotopic (exact) mass is 419 g/mol. The van der Waals surface area contributed by atoms with Crippen LogP contribution >= 0.6 is 0 Å². The lowest BCUT2D eigenvalue weighted by Crippen LogP contribution is -2.46. The van der Waals surface area contributed by atoms with Crippen molar-refractivity contribution in [1.82, 2.24) is 0 Å². The summed E-state index contributed by atoms with van der Waals surface area (Å²) in [5.74, 6) is 0.593. The third kappa shape index (κ3) is 2.99. The van der Waals surface area contributed by atoms with E-state index >= 15 is 0 Å². The van der Waals surface area contributed by atoms with E-state index in [4.69, 9.17) is 27.7 Å². The van der Waals surface area contributed by atoms with Crippen LogP contribution < -0.4 is 10.5 Å². The van der Waals surface area contributed by atoms with Gasteiger partial charge in [-0.05, 0) is 78.6 Å². The van der Waals surface area contributed by atoms with Crippen LogP contribution in [0.15, 0.2) is 41.4 Å². The molecule has 1 saturated carbocycles. The van der Waals surface area contributed by atoms with Crippen LogP contribution in [-0.4, -0.2) is 32.9 Å². The van der Waals surface area contributed by atoms with Crippen molar-refractivity contribution in [2.45, 2.75) is 43.7 Å². The highest BCUT2D eigenvalue weighted by Crippen LogP contribution is 2.61. The first-order chi connectivity index (χ1) is 15.8. The molecule has 0 bridgehead atoms. The third-order valence-electron chi connectivity index (χ3n) is 7.20. The van der Waals surface area contributed by atoms with Crippen LogP contribution in [0, 0.1) is 16.7 Å². The first kappa shape index (κ1) is 17.6. The number of amidine groups is 1. The average molecular weight is 420 g/mol. The predicted octanol–water partition coefficient (Wildman–Crippen LogP) is 3.91. The minimum atomic E-state index is -2.08. The van der Waals surface area contributed by atoms with Gasteiger partial charge in [0.05, 0.1) is 27.6 Å². The molecule has 2 aromatic rings. The molecule has 3 aliphatic rings. The Morgan fingerprint density at radius 3 is 2.65 bits per heavy atom. The van der Waals surface area contributed by atoms with Crippen molar-refractivity contribution < 1.29 is 17.0 Å². The lowest BCUT2D eigenvalue weighted by Gasteiger charge is -2.45. The Hall–Kier alpha value is -3.04. The first-order valence-corrected chi connectivity index (χ1v) is 10.6. The summed E-state index contributed by atoms with van der Waals surface area (Å²) in [6, 6.07) is 13.5. The van der Waals surface area contributed by atoms with Crippen LogP contribution in [0.25, 0.3) is 11.1 Å². The molecular weight excluding hydrogens is 390 g/mol. The highest BCUT2D eigenvalue weighted by molar-refractivity contribution is 5.76. The van der Waals surface area contributed by atoms with E-state index in [1.54, 1.807) is 20.3 Å². The molecule has 0 saturated heterocycles. The Morgan fingerprint density at radius 2 is 2.00 bits per heavy atom. The topological polar surface area (TPSA) is 89.9 Å². The van der Waals surface area contributed by atoms with Gasteiger partial charge in [-0.25, -0.2) is 4.99 Å². The summed E-state index contributed by atoms with van der Waals surface area (Å²) in [6.07, 6.45) is 4.10. The Morgan fingerprint density at radius 1 is 1.19 bits per heavy atom. The maximum atomic E-state index is 9.44. The number of nitriles is 1. The van der Waals surface area contributed by atoms with E-state index in [9.17, 15) is 5.26 Å². The van der Waals surface area contributed by atoms with Crippen LogP contribution in [0.5, 0.6) is 5.75 Å². The number of hydrogen-bond donors (Lipinski definition) is 1. The van der Waals surface area contributed by atoms with E-state index in [2.05, 4.69) is 12.1 Å². The van der Waals surface area contributed by atoms with E-state index in [0.717, 1.165) is 47.9 Å². The van der Waals surface area contributed by atoms with E-state index in [1.165, 1.54) is 0 Å². The Balaban J connectivity index is 1.68. The molecule has 0 aromatic heterocycles. The fraction of sp³-hybridized carbons (Fsp3) is 0.440. The summed E-state index contributed by atoms with van der Waals surface area (Å²) < 4.78 is 34.3. The molecule has 0 unspecified atom stereocenters. The fourth-order valence-electron chi connectivity index (χ4n) is 5.57. The average Bonchev–Trinajstić information content (AvgIpc) is 3.23. The second-order valence-corrected chi connectivity index (χ2v) is 8.69. The van der Waals surface area contributed by atoms with Gasteiger partial charge in [-0.2, -0.15) is 5.26 Å². The second kappa shape index (κ2) is 7.28. The number of rotatable bonds is 3. The predicted molar refractivity (Wildman–Crippen MR) is 118 cm³/mol. The lowest BCUT2D eigenvalue weighted by molar-refractivity contribution is -0.00983. The zero-order valence-electron chi connectivity index (χ0n) is 19.8. The second-order valence-electron chi connectivity index (χ2n) is 8.69. The normalized spacial score (nSPS) is 31.4. The van der Waals surface area contributed by atoms with Crippen molar-refractivity contribution in [2.24, 2.45) is 16.1 Å². The Labute approximate surface area is 185 Å². The maximum Gasteiger partial charge on any atom is 0.283 e. The van der Waals surface area contributed by atoms with E-state index in [-0.39, 0.29) is 12.1 Å². The van der Waals surface area contributed by atoms with Gasteiger partial charge in [0, 0.05) is 12.5 Å². The van der Waals surface area contributed by atoms with Crippen LogP contribution in [0.2, 0.25) is 0 Å². The molecule has 1 atom stereocenters. The number of hydrogen-bond acceptors (Lipinski definition) is 6. The van der Waals surface area contributed by atoms with Crippen molar-refractivity contribution in [3.8, 4) is 22.9 Å². The van der Waals surface area contributed by atoms with Crippen molar-refractivity contribution in [2.75, 3.05) is 20.8 Å². The summed E-state index contributed by atoms with van der Waals surface area (Å²) in [5.41, 5.74) is 8.38. The summed E-state index contributed by atoms with van der Waals surface area (Å²) in [7, 11) is 3.30. The van der Waals surface area contributed by atoms with Crippen molar-refractivity contribution >= 4 is 6.02 Å². The molecule has 5 rings (SSSR count). The minimum absolute atomic E-state index is 0.111. The number of nitrogens with zero attached hydrogens (tertiary/aromatic N) is 2. The molecule has 1 fully saturated rings. The van der Waals surface area contributed by atoms with Gasteiger partial charge in [0.2, 0.25) is 0 Å². The van der Waals surface area contributed by atoms with Crippen molar-refractivity contribution in [1.29, 1.82) is 5.26 Å². The molecule has 1 heterocycles. The smallest absolute Gasteiger partial charge is 0.283 e. The molecule has 0 amide bonds. The highest BCUT2D eigenvalue weighted by Gasteiger charge is 2.61. The third-order valence-corrected chi connectivity index (χ3v) is 7.20. The molecule has 6 heteroatoms. The van der Waals surface area contributed by atoms with Gasteiger partial charge >= 0.3 is 0 Å². The minimum Gasteiger partial charge on any atom is -0.497 e. The first-order valence-electron chi connectivity index (χ1n) is 11.6. The fourth-order valence-corrected chi connectivity index (χ4v) is 5.57. The molecule has 2 N–H and O–H groups in total. The maximum absolute atomic E-state index is 9.44. The molecule has 160 valence electrons. The van der Waals surface area contributed by atoms with E-state index in [0.29, 0.717) is 17.7 Å². The van der Waals surface area contributed by atoms with Gasteiger partial charge in [-0.3, -0.25) is 0 Å². The molecule has 2 aromatic carbocycles. The van der Waals surface area contributed by atoms with Crippen LogP contribution in [0.4, 0.5) is 0 Å². The summed E-state index contributed by atoms with van der Waals surface area (Å²) >= 11 is 0. The van der Waals surface area contributed by atoms with Crippen molar-refractivity contribution in [3.05, 3.63) is 53.1 Å². The van der Waals surface area contributed by atoms with Gasteiger partial charge in [-0.1, -0.05) is 12.1 Å². The molecule has 6 nitrogen and oxygen atoms in total. The van der Waals surface area contributed by atoms with Crippen LogP contribution in [0.1, 0.15) is 45.1 Å². The van der Waals surface area contributed by atoms with Crippen molar-refractivity contribution in [3.63, 3.8) is 0 Å². The number of methoxy groups -OCH3 is 2. The summed E-state index contributed by atoms with van der Waals surface area (Å²) in [4.78, 5) is 4.72. The largest absolute Gasteiger partial charge is 0.497 e. The Kier molecular flexibility index (Phi) is 4.14. The summed E-state index contributed by atoms with van der Waals surface area (Å²) in [5, 5.41) is 9.44. The zero-order chi connectivity index (χ0) is 23.4. The van der Waals surface area contributed by atoms with Crippen LogP contribution in [-0.2, 0) is 21.4 Å². The molecule has 2 aliphatic carbocycles.